The van der Waals surface area contributed by atoms with Crippen LogP contribution in [0.25, 0.3) is 0 Å². The summed E-state index contributed by atoms with van der Waals surface area (Å²) in [5.41, 5.74) is 0.0977. The van der Waals surface area contributed by atoms with Crippen LogP contribution in [-0.2, 0) is 11.0 Å². The SMILES string of the molecule is O=C1CSC(c2cccc(C(F)(F)F)c2)N1c1ccc(Oc2ccc([N+](=O)[O-])cc2)cc1. The molecule has 0 spiro atoms. The summed E-state index contributed by atoms with van der Waals surface area (Å²) in [7, 11) is 0. The minimum atomic E-state index is -4.47. The van der Waals surface area contributed by atoms with Gasteiger partial charge in [-0.25, -0.2) is 0 Å². The van der Waals surface area contributed by atoms with Crippen molar-refractivity contribution in [3.8, 4) is 11.5 Å². The quantitative estimate of drug-likeness (QED) is 0.336. The number of hydrogen-bond donors (Lipinski definition) is 0. The van der Waals surface area contributed by atoms with Gasteiger partial charge in [-0.15, -0.1) is 11.8 Å². The van der Waals surface area contributed by atoms with Gasteiger partial charge in [-0.05, 0) is 54.1 Å². The van der Waals surface area contributed by atoms with Crippen LogP contribution in [0, 0.1) is 10.1 Å². The second-order valence-electron chi connectivity index (χ2n) is 6.90. The number of carbonyl (C=O) groups excluding carboxylic acids is 1. The molecule has 0 aliphatic carbocycles. The number of amides is 1. The summed E-state index contributed by atoms with van der Waals surface area (Å²) in [5.74, 6) is 0.791. The molecule has 1 aliphatic heterocycles. The molecule has 0 N–H and O–H groups in total. The molecule has 1 atom stereocenters. The predicted molar refractivity (Wildman–Crippen MR) is 114 cm³/mol. The first-order chi connectivity index (χ1) is 15.2. The van der Waals surface area contributed by atoms with Gasteiger partial charge in [0.25, 0.3) is 5.69 Å². The van der Waals surface area contributed by atoms with Crippen LogP contribution in [0.3, 0.4) is 0 Å². The van der Waals surface area contributed by atoms with Crippen molar-refractivity contribution in [3.05, 3.63) is 94.0 Å². The number of alkyl halides is 3. The van der Waals surface area contributed by atoms with Crippen molar-refractivity contribution in [1.82, 2.24) is 0 Å². The number of ether oxygens (including phenoxy) is 1. The molecule has 1 heterocycles. The summed E-state index contributed by atoms with van der Waals surface area (Å²) >= 11 is 1.26. The Bertz CT molecular complexity index is 1150. The van der Waals surface area contributed by atoms with Crippen LogP contribution < -0.4 is 9.64 Å². The van der Waals surface area contributed by atoms with Crippen molar-refractivity contribution in [3.63, 3.8) is 0 Å². The molecule has 3 aromatic rings. The number of carbonyl (C=O) groups is 1. The van der Waals surface area contributed by atoms with Gasteiger partial charge in [0, 0.05) is 17.8 Å². The topological polar surface area (TPSA) is 72.7 Å². The van der Waals surface area contributed by atoms with E-state index in [0.29, 0.717) is 22.7 Å². The van der Waals surface area contributed by atoms with Gasteiger partial charge in [-0.1, -0.05) is 12.1 Å². The van der Waals surface area contributed by atoms with Crippen molar-refractivity contribution < 1.29 is 27.6 Å². The Morgan fingerprint density at radius 1 is 1.00 bits per heavy atom. The average Bonchev–Trinajstić information content (AvgIpc) is 3.15. The zero-order valence-corrected chi connectivity index (χ0v) is 17.1. The first kappa shape index (κ1) is 21.7. The molecule has 3 aromatic carbocycles. The molecule has 0 bridgehead atoms. The molecular formula is C22H15F3N2O4S. The fourth-order valence-corrected chi connectivity index (χ4v) is 4.43. The summed E-state index contributed by atoms with van der Waals surface area (Å²) in [4.78, 5) is 24.2. The van der Waals surface area contributed by atoms with Crippen molar-refractivity contribution >= 4 is 29.0 Å². The fourth-order valence-electron chi connectivity index (χ4n) is 3.27. The van der Waals surface area contributed by atoms with Crippen molar-refractivity contribution in [2.45, 2.75) is 11.6 Å². The molecule has 0 saturated carbocycles. The van der Waals surface area contributed by atoms with Gasteiger partial charge in [0.15, 0.2) is 0 Å². The van der Waals surface area contributed by atoms with E-state index in [9.17, 15) is 28.1 Å². The first-order valence-corrected chi connectivity index (χ1v) is 10.4. The van der Waals surface area contributed by atoms with Gasteiger partial charge in [0.1, 0.15) is 16.9 Å². The van der Waals surface area contributed by atoms with Crippen LogP contribution in [0.15, 0.2) is 72.8 Å². The second kappa shape index (κ2) is 8.54. The Morgan fingerprint density at radius 2 is 1.62 bits per heavy atom. The normalized spacial score (nSPS) is 16.3. The zero-order valence-electron chi connectivity index (χ0n) is 16.3. The van der Waals surface area contributed by atoms with Gasteiger partial charge < -0.3 is 4.74 Å². The number of nitrogens with zero attached hydrogens (tertiary/aromatic N) is 2. The lowest BCUT2D eigenvalue weighted by Gasteiger charge is -2.25. The van der Waals surface area contributed by atoms with Crippen LogP contribution in [0.5, 0.6) is 11.5 Å². The number of hydrogen-bond acceptors (Lipinski definition) is 5. The fraction of sp³-hybridized carbons (Fsp3) is 0.136. The van der Waals surface area contributed by atoms with Crippen LogP contribution in [0.2, 0.25) is 0 Å². The predicted octanol–water partition coefficient (Wildman–Crippen LogP) is 6.18. The van der Waals surface area contributed by atoms with Gasteiger partial charge in [-0.2, -0.15) is 13.2 Å². The van der Waals surface area contributed by atoms with Crippen LogP contribution in [-0.4, -0.2) is 16.6 Å². The summed E-state index contributed by atoms with van der Waals surface area (Å²) < 4.78 is 45.0. The molecule has 0 radical (unpaired) electrons. The molecule has 4 rings (SSSR count). The van der Waals surface area contributed by atoms with Crippen LogP contribution in [0.4, 0.5) is 24.5 Å². The van der Waals surface area contributed by atoms with E-state index in [4.69, 9.17) is 4.74 Å². The summed E-state index contributed by atoms with van der Waals surface area (Å²) in [6.07, 6.45) is -4.47. The van der Waals surface area contributed by atoms with E-state index in [0.717, 1.165) is 12.1 Å². The third-order valence-corrected chi connectivity index (χ3v) is 5.98. The van der Waals surface area contributed by atoms with Gasteiger partial charge in [0.05, 0.1) is 16.2 Å². The van der Waals surface area contributed by atoms with E-state index in [1.54, 1.807) is 30.3 Å². The van der Waals surface area contributed by atoms with Gasteiger partial charge in [0.2, 0.25) is 5.91 Å². The maximum atomic E-state index is 13.1. The number of rotatable bonds is 5. The minimum absolute atomic E-state index is 0.0571. The van der Waals surface area contributed by atoms with E-state index in [1.165, 1.54) is 47.0 Å². The molecule has 1 unspecified atom stereocenters. The molecule has 164 valence electrons. The van der Waals surface area contributed by atoms with E-state index < -0.39 is 22.0 Å². The van der Waals surface area contributed by atoms with E-state index in [2.05, 4.69) is 0 Å². The molecule has 1 aliphatic rings. The summed E-state index contributed by atoms with van der Waals surface area (Å²) in [5, 5.41) is 10.2. The maximum absolute atomic E-state index is 13.1. The molecule has 1 saturated heterocycles. The number of benzene rings is 3. The summed E-state index contributed by atoms with van der Waals surface area (Å²) in [6.45, 7) is 0. The molecule has 1 amide bonds. The molecule has 0 aromatic heterocycles. The Morgan fingerprint density at radius 3 is 2.22 bits per heavy atom. The highest BCUT2D eigenvalue weighted by atomic mass is 32.2. The van der Waals surface area contributed by atoms with Crippen molar-refractivity contribution in [2.24, 2.45) is 0 Å². The number of nitro benzene ring substituents is 1. The molecule has 10 heteroatoms. The Balaban J connectivity index is 1.54. The standard InChI is InChI=1S/C22H15F3N2O4S/c23-22(24,25)15-3-1-2-14(12-15)21-26(20(28)13-32-21)16-4-8-18(9-5-16)31-19-10-6-17(7-11-19)27(29)30/h1-12,21H,13H2. The smallest absolute Gasteiger partial charge is 0.416 e. The largest absolute Gasteiger partial charge is 0.457 e. The lowest BCUT2D eigenvalue weighted by atomic mass is 10.1. The van der Waals surface area contributed by atoms with Gasteiger partial charge in [-0.3, -0.25) is 19.8 Å². The Hall–Kier alpha value is -3.53. The first-order valence-electron chi connectivity index (χ1n) is 9.35. The van der Waals surface area contributed by atoms with E-state index in [-0.39, 0.29) is 17.3 Å². The zero-order chi connectivity index (χ0) is 22.9. The number of nitro groups is 1. The summed E-state index contributed by atoms with van der Waals surface area (Å²) in [6, 6.07) is 17.1. The lowest BCUT2D eigenvalue weighted by molar-refractivity contribution is -0.384. The highest BCUT2D eigenvalue weighted by Crippen LogP contribution is 2.43. The Labute approximate surface area is 184 Å². The monoisotopic (exact) mass is 460 g/mol. The third-order valence-electron chi connectivity index (χ3n) is 4.77. The number of non-ortho nitro benzene ring substituents is 1. The van der Waals surface area contributed by atoms with Gasteiger partial charge >= 0.3 is 6.18 Å². The van der Waals surface area contributed by atoms with Crippen molar-refractivity contribution in [2.75, 3.05) is 10.7 Å². The Kier molecular flexibility index (Phi) is 5.79. The third kappa shape index (κ3) is 4.54. The van der Waals surface area contributed by atoms with Crippen LogP contribution in [0.1, 0.15) is 16.5 Å². The molecule has 32 heavy (non-hydrogen) atoms. The molecular weight excluding hydrogens is 445 g/mol. The highest BCUT2D eigenvalue weighted by Gasteiger charge is 2.36. The van der Waals surface area contributed by atoms with E-state index in [1.807, 2.05) is 0 Å². The highest BCUT2D eigenvalue weighted by molar-refractivity contribution is 8.00. The maximum Gasteiger partial charge on any atom is 0.416 e. The number of thioether (sulfide) groups is 1. The van der Waals surface area contributed by atoms with Crippen molar-refractivity contribution in [1.29, 1.82) is 0 Å². The molecule has 1 fully saturated rings. The lowest BCUT2D eigenvalue weighted by Crippen LogP contribution is -2.27. The minimum Gasteiger partial charge on any atom is -0.457 e. The number of halogens is 3. The van der Waals surface area contributed by atoms with E-state index >= 15 is 0 Å². The number of anilines is 1. The molecule has 6 nitrogen and oxygen atoms in total. The average molecular weight is 460 g/mol. The van der Waals surface area contributed by atoms with Crippen LogP contribution >= 0.6 is 11.8 Å². The second-order valence-corrected chi connectivity index (χ2v) is 7.97.